The number of carbonyl (C=O) groups is 4. The fraction of sp³-hybridized carbons (Fsp3) is 0.618. The summed E-state index contributed by atoms with van der Waals surface area (Å²) in [6, 6.07) is 7.34. The number of hydrogen-bond acceptors (Lipinski definition) is 9. The van der Waals surface area contributed by atoms with Crippen molar-refractivity contribution in [3.05, 3.63) is 48.0 Å². The molecule has 4 fully saturated rings. The van der Waals surface area contributed by atoms with Gasteiger partial charge in [-0.2, -0.15) is 0 Å². The van der Waals surface area contributed by atoms with Crippen molar-refractivity contribution in [3.8, 4) is 0 Å². The number of amides is 4. The Hall–Kier alpha value is -3.94. The minimum Gasteiger partial charge on any atom is -0.446 e. The summed E-state index contributed by atoms with van der Waals surface area (Å²) in [6.45, 7) is 0.0253. The summed E-state index contributed by atoms with van der Waals surface area (Å²) < 4.78 is 33.2. The molecule has 5 atom stereocenters. The number of carbonyl (C=O) groups excluding carboxylic acids is 4. The van der Waals surface area contributed by atoms with E-state index in [0.717, 1.165) is 50.5 Å². The van der Waals surface area contributed by atoms with Gasteiger partial charge in [0.05, 0.1) is 18.0 Å². The van der Waals surface area contributed by atoms with Crippen molar-refractivity contribution in [2.45, 2.75) is 119 Å². The van der Waals surface area contributed by atoms with Gasteiger partial charge in [-0.25, -0.2) is 13.2 Å². The predicted octanol–water partition coefficient (Wildman–Crippen LogP) is 3.05. The van der Waals surface area contributed by atoms with E-state index in [1.165, 1.54) is 4.90 Å². The zero-order valence-corrected chi connectivity index (χ0v) is 27.9. The lowest BCUT2D eigenvalue weighted by molar-refractivity contribution is -0.141. The van der Waals surface area contributed by atoms with Crippen LogP contribution in [0, 0.1) is 5.92 Å². The molecular weight excluding hydrogens is 638 g/mol. The van der Waals surface area contributed by atoms with Gasteiger partial charge in [0.1, 0.15) is 29.8 Å². The van der Waals surface area contributed by atoms with E-state index in [1.807, 2.05) is 42.5 Å². The molecule has 6 rings (SSSR count). The quantitative estimate of drug-likeness (QED) is 0.213. The summed E-state index contributed by atoms with van der Waals surface area (Å²) >= 11 is 0. The van der Waals surface area contributed by atoms with Gasteiger partial charge in [0.15, 0.2) is 0 Å². The third-order valence-electron chi connectivity index (χ3n) is 9.92. The Morgan fingerprint density at radius 2 is 1.73 bits per heavy atom. The van der Waals surface area contributed by atoms with Crippen LogP contribution in [0.1, 0.15) is 89.0 Å². The number of rotatable bonds is 8. The van der Waals surface area contributed by atoms with Crippen molar-refractivity contribution in [2.75, 3.05) is 6.54 Å². The molecule has 0 spiro atoms. The van der Waals surface area contributed by atoms with Gasteiger partial charge in [-0.1, -0.05) is 60.5 Å². The largest absolute Gasteiger partial charge is 0.446 e. The summed E-state index contributed by atoms with van der Waals surface area (Å²) in [4.78, 5) is 61.9. The van der Waals surface area contributed by atoms with Crippen molar-refractivity contribution < 1.29 is 37.2 Å². The normalized spacial score (nSPS) is 30.7. The maximum atomic E-state index is 14.2. The minimum absolute atomic E-state index is 0.0253. The topological polar surface area (TPSA) is 173 Å². The molecule has 13 nitrogen and oxygen atoms in total. The van der Waals surface area contributed by atoms with Crippen molar-refractivity contribution in [1.82, 2.24) is 20.3 Å². The molecule has 0 bridgehead atoms. The van der Waals surface area contributed by atoms with Gasteiger partial charge in [0.25, 0.3) is 5.91 Å². The Kier molecular flexibility index (Phi) is 10.4. The first kappa shape index (κ1) is 33.9. The molecule has 14 heteroatoms. The molecule has 3 N–H and O–H groups in total. The fourth-order valence-corrected chi connectivity index (χ4v) is 8.25. The van der Waals surface area contributed by atoms with Crippen LogP contribution in [-0.2, 0) is 34.0 Å². The van der Waals surface area contributed by atoms with Crippen LogP contribution in [0.4, 0.5) is 4.79 Å². The number of hydrogen-bond donors (Lipinski definition) is 3. The molecular formula is C34H45N5O8S. The molecule has 48 heavy (non-hydrogen) atoms. The first-order valence-corrected chi connectivity index (χ1v) is 18.8. The van der Waals surface area contributed by atoms with Gasteiger partial charge < -0.3 is 25.1 Å². The van der Waals surface area contributed by atoms with E-state index in [1.54, 1.807) is 6.21 Å². The number of ether oxygens (including phenoxy) is 1. The number of alkyl carbamates (subject to hydrolysis) is 1. The van der Waals surface area contributed by atoms with Gasteiger partial charge in [-0.3, -0.25) is 19.1 Å². The number of benzene rings is 1. The van der Waals surface area contributed by atoms with Crippen molar-refractivity contribution in [1.29, 1.82) is 0 Å². The van der Waals surface area contributed by atoms with Gasteiger partial charge >= 0.3 is 6.09 Å². The summed E-state index contributed by atoms with van der Waals surface area (Å²) in [5, 5.41) is 9.13. The van der Waals surface area contributed by atoms with Crippen LogP contribution in [0.2, 0.25) is 0 Å². The van der Waals surface area contributed by atoms with E-state index in [2.05, 4.69) is 20.5 Å². The summed E-state index contributed by atoms with van der Waals surface area (Å²) in [5.74, 6) is -2.22. The van der Waals surface area contributed by atoms with E-state index in [9.17, 15) is 27.6 Å². The Morgan fingerprint density at radius 1 is 0.979 bits per heavy atom. The second-order valence-electron chi connectivity index (χ2n) is 13.6. The molecule has 5 aliphatic rings. The summed E-state index contributed by atoms with van der Waals surface area (Å²) in [7, 11) is -3.85. The highest BCUT2D eigenvalue weighted by atomic mass is 32.2. The van der Waals surface area contributed by atoms with Gasteiger partial charge in [0.2, 0.25) is 21.8 Å². The SMILES string of the molecule is O=C(N[C@@H]1CCCCC/C=C\[C@H]2C[C@]2(C(=O)NS(=O)(=O)C2CC2)NC(=O)[C@@H]2C[C@@H](O/N=C/c3ccccc3)CN2C1=O)OC1CCCC1. The third kappa shape index (κ3) is 8.19. The summed E-state index contributed by atoms with van der Waals surface area (Å²) in [5.41, 5.74) is -0.649. The Balaban J connectivity index is 1.23. The zero-order chi connectivity index (χ0) is 33.7. The number of sulfonamides is 1. The van der Waals surface area contributed by atoms with E-state index in [-0.39, 0.29) is 25.5 Å². The lowest BCUT2D eigenvalue weighted by Gasteiger charge is -2.30. The van der Waals surface area contributed by atoms with Crippen LogP contribution >= 0.6 is 0 Å². The van der Waals surface area contributed by atoms with Gasteiger partial charge in [0, 0.05) is 12.3 Å². The Morgan fingerprint density at radius 3 is 2.48 bits per heavy atom. The van der Waals surface area contributed by atoms with Crippen LogP contribution in [0.15, 0.2) is 47.6 Å². The fourth-order valence-electron chi connectivity index (χ4n) is 6.89. The average Bonchev–Trinajstić information content (AvgIpc) is 3.93. The first-order valence-electron chi connectivity index (χ1n) is 17.2. The molecule has 0 radical (unpaired) electrons. The number of fused-ring (bicyclic) bond motifs is 2. The van der Waals surface area contributed by atoms with Crippen molar-refractivity contribution in [3.63, 3.8) is 0 Å². The average molecular weight is 684 g/mol. The van der Waals surface area contributed by atoms with Crippen LogP contribution in [0.3, 0.4) is 0 Å². The molecule has 2 heterocycles. The second kappa shape index (κ2) is 14.7. The zero-order valence-electron chi connectivity index (χ0n) is 27.1. The molecule has 0 aromatic heterocycles. The van der Waals surface area contributed by atoms with Crippen LogP contribution < -0.4 is 15.4 Å². The van der Waals surface area contributed by atoms with Crippen LogP contribution in [-0.4, -0.2) is 85.0 Å². The number of nitrogens with one attached hydrogen (secondary N) is 3. The first-order chi connectivity index (χ1) is 23.1. The van der Waals surface area contributed by atoms with Gasteiger partial charge in [-0.15, -0.1) is 0 Å². The second-order valence-corrected chi connectivity index (χ2v) is 15.6. The lowest BCUT2D eigenvalue weighted by Crippen LogP contribution is -2.58. The molecule has 4 amide bonds. The molecule has 1 aromatic rings. The van der Waals surface area contributed by atoms with Crippen molar-refractivity contribution >= 4 is 40.1 Å². The molecule has 260 valence electrons. The molecule has 2 aliphatic heterocycles. The van der Waals surface area contributed by atoms with E-state index in [0.29, 0.717) is 25.7 Å². The van der Waals surface area contributed by atoms with E-state index in [4.69, 9.17) is 9.57 Å². The number of oxime groups is 1. The maximum Gasteiger partial charge on any atom is 0.408 e. The highest BCUT2D eigenvalue weighted by molar-refractivity contribution is 7.91. The number of allylic oxidation sites excluding steroid dienone is 1. The molecule has 1 aromatic carbocycles. The highest BCUT2D eigenvalue weighted by Gasteiger charge is 2.62. The smallest absolute Gasteiger partial charge is 0.408 e. The van der Waals surface area contributed by atoms with E-state index < -0.39 is 68.7 Å². The number of nitrogens with zero attached hydrogens (tertiary/aromatic N) is 2. The maximum absolute atomic E-state index is 14.2. The van der Waals surface area contributed by atoms with Crippen LogP contribution in [0.5, 0.6) is 0 Å². The van der Waals surface area contributed by atoms with Crippen LogP contribution in [0.25, 0.3) is 0 Å². The van der Waals surface area contributed by atoms with E-state index >= 15 is 0 Å². The third-order valence-corrected chi connectivity index (χ3v) is 11.7. The Labute approximate surface area is 281 Å². The minimum atomic E-state index is -3.85. The molecule has 0 unspecified atom stereocenters. The standard InChI is InChI=1S/C34H45N5O8S/c40-30-29-19-26(47-35-21-23-11-5-4-6-12-23)22-39(29)31(41)28(36-33(43)46-25-14-9-10-15-25)16-8-3-1-2-7-13-24-20-34(24,37-30)32(42)38-48(44,45)27-17-18-27/h4-7,11-13,21,24-29H,1-3,8-10,14-20,22H2,(H,36,43)(H,37,40)(H,38,42)/b13-7-,35-21+/t24-,26+,28+,29-,34-/m0/s1. The molecule has 3 saturated carbocycles. The summed E-state index contributed by atoms with van der Waals surface area (Å²) in [6.07, 6.45) is 12.1. The van der Waals surface area contributed by atoms with Gasteiger partial charge in [-0.05, 0) is 69.8 Å². The molecule has 3 aliphatic carbocycles. The highest BCUT2D eigenvalue weighted by Crippen LogP contribution is 2.46. The van der Waals surface area contributed by atoms with Crippen molar-refractivity contribution in [2.24, 2.45) is 11.1 Å². The predicted molar refractivity (Wildman–Crippen MR) is 176 cm³/mol. The monoisotopic (exact) mass is 683 g/mol. The lowest BCUT2D eigenvalue weighted by atomic mass is 10.0. The molecule has 1 saturated heterocycles. The Bertz CT molecular complexity index is 1520.